The van der Waals surface area contributed by atoms with E-state index in [4.69, 9.17) is 0 Å². The van der Waals surface area contributed by atoms with Gasteiger partial charge in [-0.05, 0) is 46.2 Å². The molecule has 0 spiro atoms. The van der Waals surface area contributed by atoms with Crippen LogP contribution in [0.5, 0.6) is 0 Å². The fraction of sp³-hybridized carbons (Fsp3) is 0.357. The number of aliphatic hydroxyl groups excluding tert-OH is 2. The average Bonchev–Trinajstić information content (AvgIpc) is 3.66. The van der Waals surface area contributed by atoms with E-state index in [2.05, 4.69) is 69.1 Å². The smallest absolute Gasteiger partial charge is 0.0683 e. The van der Waals surface area contributed by atoms with Crippen molar-refractivity contribution in [2.45, 2.75) is 50.0 Å². The summed E-state index contributed by atoms with van der Waals surface area (Å²) < 4.78 is 0. The monoisotopic (exact) mass is 454 g/mol. The molecule has 0 radical (unpaired) electrons. The molecule has 4 atom stereocenters. The number of benzene rings is 2. The van der Waals surface area contributed by atoms with Crippen LogP contribution in [0.15, 0.2) is 70.9 Å². The van der Waals surface area contributed by atoms with Gasteiger partial charge in [0.2, 0.25) is 0 Å². The van der Waals surface area contributed by atoms with Gasteiger partial charge < -0.3 is 20.8 Å². The van der Waals surface area contributed by atoms with Crippen LogP contribution in [0.4, 0.5) is 0 Å². The highest BCUT2D eigenvalue weighted by Gasteiger charge is 2.29. The second kappa shape index (κ2) is 9.04. The minimum absolute atomic E-state index is 0.194. The van der Waals surface area contributed by atoms with Crippen molar-refractivity contribution in [2.75, 3.05) is 13.1 Å². The Bertz CT molecular complexity index is 1100. The largest absolute Gasteiger partial charge is 0.392 e. The topological polar surface area (TPSA) is 89.2 Å². The quantitative estimate of drug-likeness (QED) is 0.559. The highest BCUT2D eigenvalue weighted by molar-refractivity contribution is 6.02. The molecular formula is C28H30N4O2. The first-order valence-electron chi connectivity index (χ1n) is 12.2. The first-order valence-corrected chi connectivity index (χ1v) is 12.2. The third-order valence-electron chi connectivity index (χ3n) is 7.38. The van der Waals surface area contributed by atoms with E-state index in [1.165, 1.54) is 33.4 Å². The van der Waals surface area contributed by atoms with Gasteiger partial charge >= 0.3 is 0 Å². The van der Waals surface area contributed by atoms with Gasteiger partial charge in [-0.1, -0.05) is 48.5 Å². The van der Waals surface area contributed by atoms with Crippen molar-refractivity contribution in [3.05, 3.63) is 72.1 Å². The van der Waals surface area contributed by atoms with E-state index in [0.717, 1.165) is 37.1 Å². The standard InChI is InChI=1S/C28H30N4O2/c33-23-11-27(31-15-23)25-9-21(13-29-25)19-5-1-17(2-6-19)18-3-7-20(8-4-18)22-10-26(30-14-22)28-12-24(34)16-32-28/h1-8,13-14,23-24,27-28,31-34H,9-12,15-16H2/t23-,24?,27-,28-/m0/s1. The van der Waals surface area contributed by atoms with Crippen LogP contribution in [0, 0.1) is 0 Å². The van der Waals surface area contributed by atoms with E-state index in [9.17, 15) is 10.2 Å². The number of aliphatic hydroxyl groups is 2. The Morgan fingerprint density at radius 2 is 0.971 bits per heavy atom. The Balaban J connectivity index is 1.07. The van der Waals surface area contributed by atoms with Crippen LogP contribution in [-0.4, -0.2) is 59.0 Å². The van der Waals surface area contributed by atoms with Crippen LogP contribution in [0.25, 0.3) is 22.3 Å². The third kappa shape index (κ3) is 4.30. The molecule has 0 saturated carbocycles. The van der Waals surface area contributed by atoms with E-state index in [1.807, 2.05) is 12.4 Å². The van der Waals surface area contributed by atoms with Gasteiger partial charge in [0.25, 0.3) is 0 Å². The SMILES string of the molecule is OC1CN[C@H](C2=NC=C(c3ccc(-c4ccc(C5=CN=C([C@@H]6C[C@H](O)CN6)C5)cc4)cc3)C2)C1. The van der Waals surface area contributed by atoms with Gasteiger partial charge in [0, 0.05) is 61.8 Å². The summed E-state index contributed by atoms with van der Waals surface area (Å²) in [5.74, 6) is 0. The maximum Gasteiger partial charge on any atom is 0.0683 e. The van der Waals surface area contributed by atoms with Crippen LogP contribution in [0.1, 0.15) is 36.8 Å². The lowest BCUT2D eigenvalue weighted by Crippen LogP contribution is -2.29. The van der Waals surface area contributed by atoms with Crippen molar-refractivity contribution in [3.8, 4) is 11.1 Å². The lowest BCUT2D eigenvalue weighted by molar-refractivity contribution is 0.195. The highest BCUT2D eigenvalue weighted by Crippen LogP contribution is 2.31. The molecular weight excluding hydrogens is 424 g/mol. The molecule has 4 aliphatic heterocycles. The molecule has 4 heterocycles. The summed E-state index contributed by atoms with van der Waals surface area (Å²) >= 11 is 0. The molecule has 0 bridgehead atoms. The normalized spacial score (nSPS) is 28.6. The van der Waals surface area contributed by atoms with Crippen molar-refractivity contribution in [1.82, 2.24) is 10.6 Å². The molecule has 2 saturated heterocycles. The zero-order chi connectivity index (χ0) is 23.1. The summed E-state index contributed by atoms with van der Waals surface area (Å²) in [5, 5.41) is 26.3. The van der Waals surface area contributed by atoms with Gasteiger partial charge in [-0.25, -0.2) is 0 Å². The maximum atomic E-state index is 9.77. The minimum Gasteiger partial charge on any atom is -0.392 e. The van der Waals surface area contributed by atoms with Crippen LogP contribution in [0.2, 0.25) is 0 Å². The molecule has 34 heavy (non-hydrogen) atoms. The number of β-amino-alcohol motifs (C(OH)–C–C–N with tert-alkyl or cyclic N) is 2. The molecule has 2 fully saturated rings. The number of nitrogens with zero attached hydrogens (tertiary/aromatic N) is 2. The van der Waals surface area contributed by atoms with Gasteiger partial charge in [0.15, 0.2) is 0 Å². The Kier molecular flexibility index (Phi) is 5.75. The predicted octanol–water partition coefficient (Wildman–Crippen LogP) is 3.17. The van der Waals surface area contributed by atoms with E-state index in [0.29, 0.717) is 13.1 Å². The van der Waals surface area contributed by atoms with Crippen LogP contribution in [-0.2, 0) is 0 Å². The van der Waals surface area contributed by atoms with Gasteiger partial charge in [0.1, 0.15) is 0 Å². The molecule has 0 amide bonds. The first-order chi connectivity index (χ1) is 16.6. The predicted molar refractivity (Wildman–Crippen MR) is 137 cm³/mol. The van der Waals surface area contributed by atoms with Gasteiger partial charge in [-0.3, -0.25) is 9.98 Å². The summed E-state index contributed by atoms with van der Waals surface area (Å²) in [6.07, 6.45) is 6.60. The van der Waals surface area contributed by atoms with Gasteiger partial charge in [-0.2, -0.15) is 0 Å². The zero-order valence-corrected chi connectivity index (χ0v) is 19.1. The Morgan fingerprint density at radius 1 is 0.588 bits per heavy atom. The molecule has 4 N–H and O–H groups in total. The molecule has 6 nitrogen and oxygen atoms in total. The number of rotatable bonds is 5. The molecule has 0 aromatic heterocycles. The van der Waals surface area contributed by atoms with E-state index >= 15 is 0 Å². The first kappa shape index (κ1) is 21.6. The van der Waals surface area contributed by atoms with E-state index in [1.54, 1.807) is 0 Å². The Morgan fingerprint density at radius 3 is 1.32 bits per heavy atom. The number of hydrogen-bond acceptors (Lipinski definition) is 6. The summed E-state index contributed by atoms with van der Waals surface area (Å²) in [5.41, 5.74) is 9.49. The van der Waals surface area contributed by atoms with Crippen LogP contribution >= 0.6 is 0 Å². The average molecular weight is 455 g/mol. The molecule has 1 unspecified atom stereocenters. The number of allylic oxidation sites excluding steroid dienone is 2. The Hall–Kier alpha value is -2.90. The fourth-order valence-corrected chi connectivity index (χ4v) is 5.37. The van der Waals surface area contributed by atoms with Crippen LogP contribution in [0.3, 0.4) is 0 Å². The maximum absolute atomic E-state index is 9.77. The summed E-state index contributed by atoms with van der Waals surface area (Å²) in [4.78, 5) is 9.24. The van der Waals surface area contributed by atoms with E-state index < -0.39 is 0 Å². The summed E-state index contributed by atoms with van der Waals surface area (Å²) in [6.45, 7) is 1.31. The molecule has 2 aromatic rings. The van der Waals surface area contributed by atoms with Crippen molar-refractivity contribution >= 4 is 22.6 Å². The fourth-order valence-electron chi connectivity index (χ4n) is 5.37. The van der Waals surface area contributed by atoms with Crippen molar-refractivity contribution < 1.29 is 10.2 Å². The van der Waals surface area contributed by atoms with Crippen molar-refractivity contribution in [3.63, 3.8) is 0 Å². The number of hydrogen-bond donors (Lipinski definition) is 4. The van der Waals surface area contributed by atoms with Crippen LogP contribution < -0.4 is 10.6 Å². The van der Waals surface area contributed by atoms with E-state index in [-0.39, 0.29) is 24.3 Å². The second-order valence-corrected chi connectivity index (χ2v) is 9.76. The lowest BCUT2D eigenvalue weighted by Gasteiger charge is -2.12. The number of nitrogens with one attached hydrogen (secondary N) is 2. The minimum atomic E-state index is -0.264. The molecule has 6 rings (SSSR count). The molecule has 0 aliphatic carbocycles. The highest BCUT2D eigenvalue weighted by atomic mass is 16.3. The molecule has 6 heteroatoms. The Labute approximate surface area is 199 Å². The summed E-state index contributed by atoms with van der Waals surface area (Å²) in [6, 6.07) is 17.8. The number of aliphatic imine (C=N–C) groups is 2. The van der Waals surface area contributed by atoms with Gasteiger partial charge in [0.05, 0.1) is 12.2 Å². The van der Waals surface area contributed by atoms with Crippen molar-refractivity contribution in [2.24, 2.45) is 9.98 Å². The van der Waals surface area contributed by atoms with Gasteiger partial charge in [-0.15, -0.1) is 0 Å². The molecule has 174 valence electrons. The molecule has 4 aliphatic rings. The lowest BCUT2D eigenvalue weighted by atomic mass is 9.95. The zero-order valence-electron chi connectivity index (χ0n) is 19.1. The third-order valence-corrected chi connectivity index (χ3v) is 7.38. The summed E-state index contributed by atoms with van der Waals surface area (Å²) in [7, 11) is 0. The molecule has 2 aromatic carbocycles. The second-order valence-electron chi connectivity index (χ2n) is 9.76. The van der Waals surface area contributed by atoms with Crippen molar-refractivity contribution in [1.29, 1.82) is 0 Å².